The van der Waals surface area contributed by atoms with Gasteiger partial charge in [0.25, 0.3) is 5.69 Å². The second-order valence-electron chi connectivity index (χ2n) is 6.60. The van der Waals surface area contributed by atoms with Crippen LogP contribution < -0.4 is 5.32 Å². The Bertz CT molecular complexity index is 1240. The summed E-state index contributed by atoms with van der Waals surface area (Å²) >= 11 is 0. The van der Waals surface area contributed by atoms with Gasteiger partial charge >= 0.3 is 5.69 Å². The topological polar surface area (TPSA) is 111 Å². The Kier molecular flexibility index (Phi) is 5.04. The minimum Gasteiger partial charge on any atom is -0.360 e. The molecule has 148 valence electrons. The smallest absolute Gasteiger partial charge is 0.319 e. The summed E-state index contributed by atoms with van der Waals surface area (Å²) in [7, 11) is 0. The van der Waals surface area contributed by atoms with Gasteiger partial charge < -0.3 is 5.32 Å². The van der Waals surface area contributed by atoms with Crippen molar-refractivity contribution in [2.45, 2.75) is 6.54 Å². The number of nitro groups is 2. The Morgan fingerprint density at radius 3 is 2.13 bits per heavy atom. The minimum atomic E-state index is -0.526. The standard InChI is InChI=1S/C22H16N4O4/c27-25(28)17-11-12-19-18(13-17)20(16-9-5-2-6-10-16)21(26(29)30)22(24-19)23-14-15-7-3-1-4-8-15/h1-13H,14H2,(H,23,24). The summed E-state index contributed by atoms with van der Waals surface area (Å²) in [5.74, 6) is 0.115. The fourth-order valence-electron chi connectivity index (χ4n) is 3.33. The SMILES string of the molecule is O=[N+]([O-])c1ccc2nc(NCc3ccccc3)c([N+](=O)[O-])c(-c3ccccc3)c2c1. The van der Waals surface area contributed by atoms with Crippen LogP contribution in [0.5, 0.6) is 0 Å². The number of anilines is 1. The molecule has 0 radical (unpaired) electrons. The molecule has 0 spiro atoms. The molecule has 1 heterocycles. The molecular weight excluding hydrogens is 384 g/mol. The molecule has 0 aliphatic rings. The van der Waals surface area contributed by atoms with Gasteiger partial charge in [-0.15, -0.1) is 0 Å². The van der Waals surface area contributed by atoms with Crippen LogP contribution >= 0.6 is 0 Å². The number of non-ortho nitro benzene ring substituents is 1. The van der Waals surface area contributed by atoms with E-state index in [0.717, 1.165) is 5.56 Å². The number of nitrogens with zero attached hydrogens (tertiary/aromatic N) is 3. The molecule has 0 fully saturated rings. The van der Waals surface area contributed by atoms with Gasteiger partial charge in [0.1, 0.15) is 0 Å². The van der Waals surface area contributed by atoms with Gasteiger partial charge in [-0.05, 0) is 17.2 Å². The monoisotopic (exact) mass is 400 g/mol. The Hall–Kier alpha value is -4.33. The number of hydrogen-bond donors (Lipinski definition) is 1. The van der Waals surface area contributed by atoms with E-state index in [1.807, 2.05) is 30.3 Å². The molecule has 0 saturated carbocycles. The number of aromatic nitrogens is 1. The molecule has 0 aliphatic carbocycles. The summed E-state index contributed by atoms with van der Waals surface area (Å²) in [5.41, 5.74) is 1.88. The lowest BCUT2D eigenvalue weighted by Crippen LogP contribution is -2.07. The van der Waals surface area contributed by atoms with Crippen LogP contribution in [0.4, 0.5) is 17.2 Å². The lowest BCUT2D eigenvalue weighted by atomic mass is 9.98. The van der Waals surface area contributed by atoms with Gasteiger partial charge in [-0.2, -0.15) is 0 Å². The van der Waals surface area contributed by atoms with Crippen LogP contribution in [-0.4, -0.2) is 14.8 Å². The molecule has 8 heteroatoms. The normalized spacial score (nSPS) is 10.7. The first-order chi connectivity index (χ1) is 14.5. The predicted molar refractivity (Wildman–Crippen MR) is 114 cm³/mol. The van der Waals surface area contributed by atoms with E-state index in [1.165, 1.54) is 18.2 Å². The maximum Gasteiger partial charge on any atom is 0.319 e. The highest BCUT2D eigenvalue weighted by Gasteiger charge is 2.27. The molecule has 8 nitrogen and oxygen atoms in total. The molecule has 0 aliphatic heterocycles. The van der Waals surface area contributed by atoms with Crippen molar-refractivity contribution in [1.82, 2.24) is 4.98 Å². The summed E-state index contributed by atoms with van der Waals surface area (Å²) in [4.78, 5) is 26.8. The van der Waals surface area contributed by atoms with Crippen LogP contribution in [-0.2, 0) is 6.54 Å². The maximum atomic E-state index is 12.1. The zero-order valence-electron chi connectivity index (χ0n) is 15.7. The fraction of sp³-hybridized carbons (Fsp3) is 0.0455. The zero-order valence-corrected chi connectivity index (χ0v) is 15.7. The van der Waals surface area contributed by atoms with Crippen LogP contribution in [0, 0.1) is 20.2 Å². The number of pyridine rings is 1. The highest BCUT2D eigenvalue weighted by atomic mass is 16.6. The van der Waals surface area contributed by atoms with Gasteiger partial charge in [-0.25, -0.2) is 4.98 Å². The van der Waals surface area contributed by atoms with Crippen LogP contribution in [0.3, 0.4) is 0 Å². The van der Waals surface area contributed by atoms with E-state index < -0.39 is 9.85 Å². The van der Waals surface area contributed by atoms with Crippen LogP contribution in [0.2, 0.25) is 0 Å². The number of benzene rings is 3. The lowest BCUT2D eigenvalue weighted by molar-refractivity contribution is -0.384. The molecule has 1 N–H and O–H groups in total. The van der Waals surface area contributed by atoms with Gasteiger partial charge in [0, 0.05) is 24.1 Å². The first kappa shape index (κ1) is 19.0. The molecule has 0 bridgehead atoms. The van der Waals surface area contributed by atoms with Crippen molar-refractivity contribution in [2.75, 3.05) is 5.32 Å². The molecule has 0 atom stereocenters. The molecule has 0 amide bonds. The van der Waals surface area contributed by atoms with E-state index in [9.17, 15) is 20.2 Å². The van der Waals surface area contributed by atoms with Crippen molar-refractivity contribution in [3.8, 4) is 11.1 Å². The van der Waals surface area contributed by atoms with E-state index in [2.05, 4.69) is 10.3 Å². The third kappa shape index (κ3) is 3.66. The van der Waals surface area contributed by atoms with Crippen molar-refractivity contribution >= 4 is 28.1 Å². The van der Waals surface area contributed by atoms with E-state index in [0.29, 0.717) is 28.6 Å². The van der Waals surface area contributed by atoms with Crippen molar-refractivity contribution < 1.29 is 9.85 Å². The minimum absolute atomic E-state index is 0.115. The van der Waals surface area contributed by atoms with E-state index >= 15 is 0 Å². The third-order valence-corrected chi connectivity index (χ3v) is 4.70. The number of hydrogen-bond acceptors (Lipinski definition) is 6. The Balaban J connectivity index is 1.96. The van der Waals surface area contributed by atoms with Crippen molar-refractivity contribution in [3.63, 3.8) is 0 Å². The van der Waals surface area contributed by atoms with Crippen molar-refractivity contribution in [1.29, 1.82) is 0 Å². The average Bonchev–Trinajstić information content (AvgIpc) is 2.77. The van der Waals surface area contributed by atoms with Crippen LogP contribution in [0.15, 0.2) is 78.9 Å². The van der Waals surface area contributed by atoms with Crippen molar-refractivity contribution in [3.05, 3.63) is 105 Å². The zero-order chi connectivity index (χ0) is 21.1. The summed E-state index contributed by atoms with van der Waals surface area (Å²) < 4.78 is 0. The second-order valence-corrected chi connectivity index (χ2v) is 6.60. The highest BCUT2D eigenvalue weighted by molar-refractivity contribution is 6.03. The average molecular weight is 400 g/mol. The quantitative estimate of drug-likeness (QED) is 0.346. The van der Waals surface area contributed by atoms with Gasteiger partial charge in [0.15, 0.2) is 0 Å². The summed E-state index contributed by atoms with van der Waals surface area (Å²) in [6, 6.07) is 22.5. The fourth-order valence-corrected chi connectivity index (χ4v) is 3.33. The van der Waals surface area contributed by atoms with Crippen LogP contribution in [0.1, 0.15) is 5.56 Å². The first-order valence-corrected chi connectivity index (χ1v) is 9.14. The maximum absolute atomic E-state index is 12.1. The second kappa shape index (κ2) is 7.96. The molecule has 0 saturated heterocycles. The molecule has 4 rings (SSSR count). The molecule has 3 aromatic carbocycles. The number of nitrogens with one attached hydrogen (secondary N) is 1. The van der Waals surface area contributed by atoms with Gasteiger partial charge in [-0.1, -0.05) is 60.7 Å². The Morgan fingerprint density at radius 1 is 0.833 bits per heavy atom. The first-order valence-electron chi connectivity index (χ1n) is 9.14. The highest BCUT2D eigenvalue weighted by Crippen LogP contribution is 2.41. The Labute approximate surface area is 171 Å². The van der Waals surface area contributed by atoms with E-state index in [1.54, 1.807) is 30.3 Å². The number of rotatable bonds is 6. The van der Waals surface area contributed by atoms with Gasteiger partial charge in [0.05, 0.1) is 20.9 Å². The summed E-state index contributed by atoms with van der Waals surface area (Å²) in [6.45, 7) is 0.349. The Morgan fingerprint density at radius 2 is 1.50 bits per heavy atom. The summed E-state index contributed by atoms with van der Waals surface area (Å²) in [6.07, 6.45) is 0. The molecule has 30 heavy (non-hydrogen) atoms. The number of fused-ring (bicyclic) bond motifs is 1. The van der Waals surface area contributed by atoms with Gasteiger partial charge in [0.2, 0.25) is 5.82 Å². The summed E-state index contributed by atoms with van der Waals surface area (Å²) in [5, 5.41) is 26.8. The molecule has 1 aromatic heterocycles. The molecule has 0 unspecified atom stereocenters. The molecule has 4 aromatic rings. The predicted octanol–water partition coefficient (Wildman–Crippen LogP) is 5.33. The number of nitro benzene ring substituents is 1. The van der Waals surface area contributed by atoms with Crippen molar-refractivity contribution in [2.24, 2.45) is 0 Å². The molecular formula is C22H16N4O4. The van der Waals surface area contributed by atoms with Gasteiger partial charge in [-0.3, -0.25) is 20.2 Å². The lowest BCUT2D eigenvalue weighted by Gasteiger charge is -2.13. The van der Waals surface area contributed by atoms with E-state index in [4.69, 9.17) is 0 Å². The van der Waals surface area contributed by atoms with Crippen LogP contribution in [0.25, 0.3) is 22.0 Å². The third-order valence-electron chi connectivity index (χ3n) is 4.70. The largest absolute Gasteiger partial charge is 0.360 e. The van der Waals surface area contributed by atoms with E-state index in [-0.39, 0.29) is 17.2 Å².